The van der Waals surface area contributed by atoms with Crippen molar-refractivity contribution in [3.63, 3.8) is 0 Å². The zero-order valence-electron chi connectivity index (χ0n) is 12.0. The van der Waals surface area contributed by atoms with Crippen LogP contribution < -0.4 is 11.3 Å². The molecule has 1 aromatic heterocycles. The predicted octanol–water partition coefficient (Wildman–Crippen LogP) is 1.31. The van der Waals surface area contributed by atoms with E-state index in [2.05, 4.69) is 29.6 Å². The Morgan fingerprint density at radius 3 is 2.50 bits per heavy atom. The summed E-state index contributed by atoms with van der Waals surface area (Å²) in [6.07, 6.45) is 2.51. The second-order valence-electron chi connectivity index (χ2n) is 5.54. The lowest BCUT2D eigenvalue weighted by Crippen LogP contribution is -2.49. The van der Waals surface area contributed by atoms with Gasteiger partial charge >= 0.3 is 0 Å². The molecule has 6 heteroatoms. The minimum atomic E-state index is -0.264. The molecule has 1 heterocycles. The molecule has 20 heavy (non-hydrogen) atoms. The highest BCUT2D eigenvalue weighted by molar-refractivity contribution is 5.27. The molecule has 2 aromatic rings. The van der Waals surface area contributed by atoms with E-state index in [-0.39, 0.29) is 17.3 Å². The number of benzene rings is 1. The molecule has 0 spiro atoms. The van der Waals surface area contributed by atoms with Crippen LogP contribution in [0.3, 0.4) is 0 Å². The average molecular weight is 277 g/mol. The molecule has 108 valence electrons. The molecule has 0 bridgehead atoms. The first-order valence-corrected chi connectivity index (χ1v) is 6.51. The molecular formula is C14H20FN5. The Hall–Kier alpha value is -1.79. The fourth-order valence-corrected chi connectivity index (χ4v) is 2.30. The highest BCUT2D eigenvalue weighted by atomic mass is 19.1. The summed E-state index contributed by atoms with van der Waals surface area (Å²) >= 11 is 0. The molecule has 0 saturated heterocycles. The second kappa shape index (κ2) is 5.68. The third-order valence-corrected chi connectivity index (χ3v) is 3.72. The van der Waals surface area contributed by atoms with E-state index in [1.54, 1.807) is 16.8 Å². The summed E-state index contributed by atoms with van der Waals surface area (Å²) in [7, 11) is 1.83. The van der Waals surface area contributed by atoms with Crippen molar-refractivity contribution >= 4 is 0 Å². The van der Waals surface area contributed by atoms with Crippen LogP contribution in [0.4, 0.5) is 4.39 Å². The maximum Gasteiger partial charge on any atom is 0.123 e. The van der Waals surface area contributed by atoms with Crippen LogP contribution in [0.5, 0.6) is 0 Å². The van der Waals surface area contributed by atoms with Crippen molar-refractivity contribution in [2.45, 2.75) is 31.7 Å². The zero-order chi connectivity index (χ0) is 14.8. The third kappa shape index (κ3) is 3.02. The fourth-order valence-electron chi connectivity index (χ4n) is 2.30. The van der Waals surface area contributed by atoms with Crippen LogP contribution in [-0.2, 0) is 18.9 Å². The molecule has 3 N–H and O–H groups in total. The number of hydrogen-bond acceptors (Lipinski definition) is 4. The van der Waals surface area contributed by atoms with Gasteiger partial charge in [0, 0.05) is 31.1 Å². The fraction of sp³-hybridized carbons (Fsp3) is 0.429. The molecule has 1 atom stereocenters. The van der Waals surface area contributed by atoms with Crippen molar-refractivity contribution in [3.8, 4) is 0 Å². The van der Waals surface area contributed by atoms with Crippen molar-refractivity contribution in [1.82, 2.24) is 20.4 Å². The van der Waals surface area contributed by atoms with Crippen molar-refractivity contribution in [2.75, 3.05) is 0 Å². The van der Waals surface area contributed by atoms with Crippen molar-refractivity contribution in [1.29, 1.82) is 0 Å². The standard InChI is InChI=1S/C14H20FN5/c1-14(2,10-4-6-11(15)7-5-10)13(17-16)8-12-9-20(3)19-18-12/h4-7,9,13,17H,8,16H2,1-3H3. The Bertz CT molecular complexity index is 561. The quantitative estimate of drug-likeness (QED) is 0.638. The van der Waals surface area contributed by atoms with E-state index in [0.29, 0.717) is 6.42 Å². The lowest BCUT2D eigenvalue weighted by atomic mass is 9.76. The Morgan fingerprint density at radius 1 is 1.35 bits per heavy atom. The van der Waals surface area contributed by atoms with Gasteiger partial charge in [-0.05, 0) is 17.7 Å². The lowest BCUT2D eigenvalue weighted by molar-refractivity contribution is 0.339. The van der Waals surface area contributed by atoms with Gasteiger partial charge in [0.05, 0.1) is 5.69 Å². The average Bonchev–Trinajstić information content (AvgIpc) is 2.82. The highest BCUT2D eigenvalue weighted by Crippen LogP contribution is 2.28. The van der Waals surface area contributed by atoms with E-state index in [1.165, 1.54) is 12.1 Å². The number of aryl methyl sites for hydroxylation is 1. The van der Waals surface area contributed by atoms with Crippen LogP contribution in [0.1, 0.15) is 25.1 Å². The van der Waals surface area contributed by atoms with Gasteiger partial charge in [-0.1, -0.05) is 31.2 Å². The van der Waals surface area contributed by atoms with E-state index in [0.717, 1.165) is 11.3 Å². The highest BCUT2D eigenvalue weighted by Gasteiger charge is 2.31. The molecule has 0 amide bonds. The van der Waals surface area contributed by atoms with E-state index in [1.807, 2.05) is 13.2 Å². The molecule has 0 aliphatic heterocycles. The van der Waals surface area contributed by atoms with E-state index in [9.17, 15) is 4.39 Å². The molecule has 1 aromatic carbocycles. The maximum absolute atomic E-state index is 13.0. The summed E-state index contributed by atoms with van der Waals surface area (Å²) < 4.78 is 14.7. The zero-order valence-corrected chi connectivity index (χ0v) is 12.0. The van der Waals surface area contributed by atoms with E-state index in [4.69, 9.17) is 5.84 Å². The van der Waals surface area contributed by atoms with Gasteiger partial charge < -0.3 is 0 Å². The van der Waals surface area contributed by atoms with Gasteiger partial charge in [-0.25, -0.2) is 4.39 Å². The van der Waals surface area contributed by atoms with Crippen molar-refractivity contribution in [3.05, 3.63) is 47.5 Å². The van der Waals surface area contributed by atoms with Crippen LogP contribution in [0.25, 0.3) is 0 Å². The summed E-state index contributed by atoms with van der Waals surface area (Å²) in [5, 5.41) is 8.00. The second-order valence-corrected chi connectivity index (χ2v) is 5.54. The monoisotopic (exact) mass is 277 g/mol. The first-order chi connectivity index (χ1) is 9.43. The Balaban J connectivity index is 2.22. The SMILES string of the molecule is Cn1cc(CC(NN)C(C)(C)c2ccc(F)cc2)nn1. The third-order valence-electron chi connectivity index (χ3n) is 3.72. The van der Waals surface area contributed by atoms with Crippen LogP contribution in [-0.4, -0.2) is 21.0 Å². The smallest absolute Gasteiger partial charge is 0.123 e. The van der Waals surface area contributed by atoms with Crippen LogP contribution in [0, 0.1) is 5.82 Å². The van der Waals surface area contributed by atoms with Gasteiger partial charge in [0.2, 0.25) is 0 Å². The minimum Gasteiger partial charge on any atom is -0.271 e. The topological polar surface area (TPSA) is 68.8 Å². The van der Waals surface area contributed by atoms with Gasteiger partial charge in [0.25, 0.3) is 0 Å². The van der Waals surface area contributed by atoms with Crippen LogP contribution >= 0.6 is 0 Å². The molecular weight excluding hydrogens is 257 g/mol. The van der Waals surface area contributed by atoms with Gasteiger partial charge in [-0.15, -0.1) is 5.10 Å². The minimum absolute atomic E-state index is 0.0374. The van der Waals surface area contributed by atoms with Gasteiger partial charge in [0.15, 0.2) is 0 Å². The number of hydrogen-bond donors (Lipinski definition) is 2. The molecule has 0 aliphatic carbocycles. The molecule has 0 saturated carbocycles. The summed E-state index contributed by atoms with van der Waals surface area (Å²) in [5.74, 6) is 5.46. The number of aromatic nitrogens is 3. The molecule has 0 radical (unpaired) electrons. The summed E-state index contributed by atoms with van der Waals surface area (Å²) in [5.41, 5.74) is 4.46. The van der Waals surface area contributed by atoms with Crippen LogP contribution in [0.15, 0.2) is 30.5 Å². The summed E-state index contributed by atoms with van der Waals surface area (Å²) in [6, 6.07) is 6.47. The largest absolute Gasteiger partial charge is 0.271 e. The maximum atomic E-state index is 13.0. The van der Waals surface area contributed by atoms with E-state index >= 15 is 0 Å². The van der Waals surface area contributed by atoms with Gasteiger partial charge in [-0.3, -0.25) is 16.0 Å². The van der Waals surface area contributed by atoms with Crippen molar-refractivity contribution in [2.24, 2.45) is 12.9 Å². The summed E-state index contributed by atoms with van der Waals surface area (Å²) in [4.78, 5) is 0. The van der Waals surface area contributed by atoms with Gasteiger partial charge in [-0.2, -0.15) is 0 Å². The lowest BCUT2D eigenvalue weighted by Gasteiger charge is -2.34. The molecule has 5 nitrogen and oxygen atoms in total. The Labute approximate surface area is 117 Å². The normalized spacial score (nSPS) is 13.4. The number of nitrogens with one attached hydrogen (secondary N) is 1. The number of hydrazine groups is 1. The van der Waals surface area contributed by atoms with Crippen molar-refractivity contribution < 1.29 is 4.39 Å². The Morgan fingerprint density at radius 2 is 2.00 bits per heavy atom. The number of rotatable bonds is 5. The Kier molecular flexibility index (Phi) is 4.15. The molecule has 0 aliphatic rings. The number of halogens is 1. The van der Waals surface area contributed by atoms with Crippen LogP contribution in [0.2, 0.25) is 0 Å². The first kappa shape index (κ1) is 14.6. The number of nitrogens with two attached hydrogens (primary N) is 1. The molecule has 0 fully saturated rings. The van der Waals surface area contributed by atoms with Gasteiger partial charge in [0.1, 0.15) is 5.82 Å². The molecule has 2 rings (SSSR count). The number of nitrogens with zero attached hydrogens (tertiary/aromatic N) is 3. The molecule has 1 unspecified atom stereocenters. The van der Waals surface area contributed by atoms with E-state index < -0.39 is 0 Å². The predicted molar refractivity (Wildman–Crippen MR) is 75.2 cm³/mol. The first-order valence-electron chi connectivity index (χ1n) is 6.51. The summed E-state index contributed by atoms with van der Waals surface area (Å²) in [6.45, 7) is 4.14.